The molecule has 2 fully saturated rings. The molecule has 2 aliphatic rings. The molecule has 0 radical (unpaired) electrons. The fourth-order valence-corrected chi connectivity index (χ4v) is 3.52. The van der Waals surface area contributed by atoms with Gasteiger partial charge < -0.3 is 15.3 Å². The second kappa shape index (κ2) is 7.85. The molecule has 8 nitrogen and oxygen atoms in total. The number of carbonyl (C=O) groups is 1. The van der Waals surface area contributed by atoms with Crippen molar-refractivity contribution in [1.29, 1.82) is 0 Å². The number of carbonyl (C=O) groups excluding carboxylic acids is 1. The Morgan fingerprint density at radius 3 is 2.74 bits per heavy atom. The van der Waals surface area contributed by atoms with Gasteiger partial charge >= 0.3 is 0 Å². The number of benzene rings is 1. The maximum atomic E-state index is 12.6. The molecule has 1 amide bonds. The average Bonchev–Trinajstić information content (AvgIpc) is 3.16. The van der Waals surface area contributed by atoms with Crippen molar-refractivity contribution in [2.75, 3.05) is 24.5 Å². The van der Waals surface area contributed by atoms with E-state index < -0.39 is 17.1 Å². The highest BCUT2D eigenvalue weighted by molar-refractivity contribution is 7.80. The molecule has 3 rings (SSSR count). The molecule has 0 saturated carbocycles. The van der Waals surface area contributed by atoms with Crippen molar-refractivity contribution in [3.8, 4) is 0 Å². The molecule has 2 N–H and O–H groups in total. The van der Waals surface area contributed by atoms with Crippen LogP contribution in [0.25, 0.3) is 6.08 Å². The minimum atomic E-state index is -1.27. The average molecular weight is 388 g/mol. The molecule has 1 atom stereocenters. The van der Waals surface area contributed by atoms with Crippen molar-refractivity contribution < 1.29 is 14.8 Å². The number of hydrogen-bond donors (Lipinski definition) is 2. The second-order valence-corrected chi connectivity index (χ2v) is 6.74. The molecule has 0 aliphatic carbocycles. The first-order valence-electron chi connectivity index (χ1n) is 8.58. The van der Waals surface area contributed by atoms with E-state index in [0.717, 1.165) is 25.9 Å². The van der Waals surface area contributed by atoms with Crippen molar-refractivity contribution in [2.45, 2.75) is 19.1 Å². The van der Waals surface area contributed by atoms with Crippen LogP contribution in [0.5, 0.6) is 0 Å². The normalized spacial score (nSPS) is 21.5. The Morgan fingerprint density at radius 1 is 1.41 bits per heavy atom. The number of amides is 1. The molecule has 1 aromatic rings. The van der Waals surface area contributed by atoms with Gasteiger partial charge in [-0.25, -0.2) is 0 Å². The lowest BCUT2D eigenvalue weighted by Gasteiger charge is -2.32. The van der Waals surface area contributed by atoms with Gasteiger partial charge in [0.1, 0.15) is 5.69 Å². The van der Waals surface area contributed by atoms with Gasteiger partial charge in [0.2, 0.25) is 0 Å². The molecule has 9 heteroatoms. The third kappa shape index (κ3) is 3.83. The SMILES string of the molecule is C=CCN1C(=O)/C(=C/c2ccc(N3CCCC3)c([N+](=O)[O-])c2)[C@@H](O)NC1=S. The van der Waals surface area contributed by atoms with Crippen molar-refractivity contribution >= 4 is 40.7 Å². The summed E-state index contributed by atoms with van der Waals surface area (Å²) in [6, 6.07) is 4.82. The summed E-state index contributed by atoms with van der Waals surface area (Å²) in [5, 5.41) is 24.5. The van der Waals surface area contributed by atoms with Crippen LogP contribution in [0.3, 0.4) is 0 Å². The van der Waals surface area contributed by atoms with Crippen LogP contribution in [-0.2, 0) is 4.79 Å². The number of nitrogens with zero attached hydrogens (tertiary/aromatic N) is 3. The number of aliphatic hydroxyl groups is 1. The molecule has 0 unspecified atom stereocenters. The molecule has 2 saturated heterocycles. The lowest BCUT2D eigenvalue weighted by atomic mass is 10.1. The Bertz CT molecular complexity index is 833. The van der Waals surface area contributed by atoms with Gasteiger partial charge in [-0.3, -0.25) is 19.8 Å². The monoisotopic (exact) mass is 388 g/mol. The molecular formula is C18H20N4O4S. The highest BCUT2D eigenvalue weighted by Crippen LogP contribution is 2.32. The first-order valence-corrected chi connectivity index (χ1v) is 8.99. The summed E-state index contributed by atoms with van der Waals surface area (Å²) in [7, 11) is 0. The number of anilines is 1. The van der Waals surface area contributed by atoms with Crippen LogP contribution in [0, 0.1) is 10.1 Å². The summed E-state index contributed by atoms with van der Waals surface area (Å²) < 4.78 is 0. The summed E-state index contributed by atoms with van der Waals surface area (Å²) in [4.78, 5) is 27.0. The summed E-state index contributed by atoms with van der Waals surface area (Å²) in [6.45, 7) is 5.36. The van der Waals surface area contributed by atoms with Crippen molar-refractivity contribution in [2.24, 2.45) is 0 Å². The molecule has 1 aromatic carbocycles. The number of rotatable bonds is 5. The van der Waals surface area contributed by atoms with E-state index in [1.807, 2.05) is 4.90 Å². The minimum absolute atomic E-state index is 0.0181. The van der Waals surface area contributed by atoms with E-state index in [9.17, 15) is 20.0 Å². The number of aliphatic hydroxyl groups excluding tert-OH is 1. The van der Waals surface area contributed by atoms with Crippen LogP contribution < -0.4 is 10.2 Å². The minimum Gasteiger partial charge on any atom is -0.369 e. The maximum Gasteiger partial charge on any atom is 0.293 e. The van der Waals surface area contributed by atoms with Crippen LogP contribution in [-0.4, -0.2) is 51.8 Å². The van der Waals surface area contributed by atoms with Crippen molar-refractivity contribution in [3.05, 3.63) is 52.1 Å². The summed E-state index contributed by atoms with van der Waals surface area (Å²) >= 11 is 5.06. The van der Waals surface area contributed by atoms with Gasteiger partial charge in [0, 0.05) is 25.7 Å². The van der Waals surface area contributed by atoms with Crippen molar-refractivity contribution in [3.63, 3.8) is 0 Å². The first kappa shape index (κ1) is 19.0. The molecule has 0 aromatic heterocycles. The zero-order valence-electron chi connectivity index (χ0n) is 14.6. The van der Waals surface area contributed by atoms with Crippen LogP contribution in [0.2, 0.25) is 0 Å². The molecule has 2 aliphatic heterocycles. The van der Waals surface area contributed by atoms with E-state index in [0.29, 0.717) is 11.3 Å². The van der Waals surface area contributed by atoms with Gasteiger partial charge in [0.25, 0.3) is 11.6 Å². The van der Waals surface area contributed by atoms with Gasteiger partial charge in [-0.05, 0) is 42.8 Å². The van der Waals surface area contributed by atoms with E-state index in [1.165, 1.54) is 23.1 Å². The third-order valence-corrected chi connectivity index (χ3v) is 4.91. The van der Waals surface area contributed by atoms with Crippen molar-refractivity contribution in [1.82, 2.24) is 10.2 Å². The Balaban J connectivity index is 1.96. The van der Waals surface area contributed by atoms with Crippen LogP contribution in [0.1, 0.15) is 18.4 Å². The number of thiocarbonyl (C=S) groups is 1. The van der Waals surface area contributed by atoms with Crippen LogP contribution in [0.4, 0.5) is 11.4 Å². The summed E-state index contributed by atoms with van der Waals surface area (Å²) in [5.74, 6) is -0.461. The summed E-state index contributed by atoms with van der Waals surface area (Å²) in [6.07, 6.45) is 3.71. The molecule has 27 heavy (non-hydrogen) atoms. The van der Waals surface area contributed by atoms with E-state index in [1.54, 1.807) is 12.1 Å². The number of nitrogens with one attached hydrogen (secondary N) is 1. The Labute approximate surface area is 161 Å². The highest BCUT2D eigenvalue weighted by Gasteiger charge is 2.32. The van der Waals surface area contributed by atoms with Crippen LogP contribution in [0.15, 0.2) is 36.4 Å². The summed E-state index contributed by atoms with van der Waals surface area (Å²) in [5.41, 5.74) is 1.08. The lowest BCUT2D eigenvalue weighted by molar-refractivity contribution is -0.384. The van der Waals surface area contributed by atoms with Gasteiger partial charge in [-0.1, -0.05) is 12.1 Å². The standard InChI is InChI=1S/C18H20N4O4S/c1-2-7-21-17(24)13(16(23)19-18(21)27)10-12-5-6-14(15(11-12)22(25)26)20-8-3-4-9-20/h2,5-6,10-11,16,23H,1,3-4,7-9H2,(H,19,27)/b13-10+/t16-/m1/s1. The predicted molar refractivity (Wildman–Crippen MR) is 106 cm³/mol. The molecule has 142 valence electrons. The lowest BCUT2D eigenvalue weighted by Crippen LogP contribution is -2.55. The zero-order chi connectivity index (χ0) is 19.6. The Morgan fingerprint density at radius 2 is 2.11 bits per heavy atom. The van der Waals surface area contributed by atoms with Gasteiger partial charge in [0.05, 0.1) is 10.5 Å². The third-order valence-electron chi connectivity index (χ3n) is 4.57. The van der Waals surface area contributed by atoms with Gasteiger partial charge in [-0.15, -0.1) is 6.58 Å². The van der Waals surface area contributed by atoms with E-state index in [2.05, 4.69) is 11.9 Å². The molecule has 0 bridgehead atoms. The van der Waals surface area contributed by atoms with Gasteiger partial charge in [0.15, 0.2) is 11.3 Å². The van der Waals surface area contributed by atoms with E-state index in [-0.39, 0.29) is 22.9 Å². The predicted octanol–water partition coefficient (Wildman–Crippen LogP) is 1.80. The second-order valence-electron chi connectivity index (χ2n) is 6.36. The first-order chi connectivity index (χ1) is 12.9. The van der Waals surface area contributed by atoms with E-state index >= 15 is 0 Å². The maximum absolute atomic E-state index is 12.6. The largest absolute Gasteiger partial charge is 0.369 e. The number of hydrogen-bond acceptors (Lipinski definition) is 6. The quantitative estimate of drug-likeness (QED) is 0.261. The smallest absolute Gasteiger partial charge is 0.293 e. The fraction of sp³-hybridized carbons (Fsp3) is 0.333. The fourth-order valence-electron chi connectivity index (χ4n) is 3.25. The zero-order valence-corrected chi connectivity index (χ0v) is 15.4. The van der Waals surface area contributed by atoms with Gasteiger partial charge in [-0.2, -0.15) is 0 Å². The topological polar surface area (TPSA) is 99.0 Å². The highest BCUT2D eigenvalue weighted by atomic mass is 32.1. The Kier molecular flexibility index (Phi) is 5.52. The Hall–Kier alpha value is -2.78. The molecule has 0 spiro atoms. The molecule has 2 heterocycles. The molecular weight excluding hydrogens is 368 g/mol. The number of nitro groups is 1. The van der Waals surface area contributed by atoms with Crippen LogP contribution >= 0.6 is 12.2 Å². The van der Waals surface area contributed by atoms with E-state index in [4.69, 9.17) is 12.2 Å². The number of nitro benzene ring substituents is 1.